The predicted octanol–water partition coefficient (Wildman–Crippen LogP) is 3.32. The first-order valence-electron chi connectivity index (χ1n) is 7.96. The van der Waals surface area contributed by atoms with E-state index in [1.807, 2.05) is 19.9 Å². The molecule has 0 fully saturated rings. The topological polar surface area (TPSA) is 62.1 Å². The Morgan fingerprint density at radius 3 is 2.44 bits per heavy atom. The molecule has 0 saturated heterocycles. The van der Waals surface area contributed by atoms with Crippen LogP contribution in [0.5, 0.6) is 5.75 Å². The van der Waals surface area contributed by atoms with Gasteiger partial charge in [0.25, 0.3) is 11.6 Å². The number of amides is 1. The Morgan fingerprint density at radius 1 is 1.32 bits per heavy atom. The monoisotopic (exact) mass is 358 g/mol. The van der Waals surface area contributed by atoms with Crippen LogP contribution < -0.4 is 4.74 Å². The van der Waals surface area contributed by atoms with Crippen LogP contribution in [0.15, 0.2) is 23.3 Å². The molecule has 1 heterocycles. The van der Waals surface area contributed by atoms with E-state index in [0.717, 1.165) is 11.1 Å². The number of carbonyl (C=O) groups excluding carboxylic acids is 1. The van der Waals surface area contributed by atoms with Gasteiger partial charge >= 0.3 is 6.18 Å². The summed E-state index contributed by atoms with van der Waals surface area (Å²) in [6.45, 7) is 4.81. The van der Waals surface area contributed by atoms with Crippen LogP contribution in [0, 0.1) is 13.8 Å². The predicted molar refractivity (Wildman–Crippen MR) is 86.2 cm³/mol. The molecule has 1 atom stereocenters. The summed E-state index contributed by atoms with van der Waals surface area (Å²) in [5.74, 6) is -0.677. The van der Waals surface area contributed by atoms with Gasteiger partial charge in [-0.3, -0.25) is 4.79 Å². The summed E-state index contributed by atoms with van der Waals surface area (Å²) in [5.41, 5.74) is -1.38. The number of carbonyl (C=O) groups is 1. The molecule has 8 heteroatoms. The molecule has 0 saturated carbocycles. The van der Waals surface area contributed by atoms with Crippen molar-refractivity contribution in [3.8, 4) is 5.75 Å². The molecular formula is C17H21F3N2O3. The summed E-state index contributed by atoms with van der Waals surface area (Å²) in [5, 5.41) is 13.9. The second kappa shape index (κ2) is 7.03. The summed E-state index contributed by atoms with van der Waals surface area (Å²) in [6.07, 6.45) is -4.91. The van der Waals surface area contributed by atoms with Crippen molar-refractivity contribution in [1.29, 1.82) is 0 Å². The number of benzene rings is 1. The molecule has 5 nitrogen and oxygen atoms in total. The highest BCUT2D eigenvalue weighted by molar-refractivity contribution is 5.91. The lowest BCUT2D eigenvalue weighted by Gasteiger charge is -2.32. The van der Waals surface area contributed by atoms with Crippen molar-refractivity contribution in [2.45, 2.75) is 51.9 Å². The number of hydrogen-bond acceptors (Lipinski definition) is 4. The third kappa shape index (κ3) is 4.12. The Labute approximate surface area is 144 Å². The van der Waals surface area contributed by atoms with Crippen LogP contribution in [-0.2, 0) is 4.79 Å². The van der Waals surface area contributed by atoms with Crippen molar-refractivity contribution < 1.29 is 27.8 Å². The maximum absolute atomic E-state index is 13.3. The van der Waals surface area contributed by atoms with Gasteiger partial charge < -0.3 is 9.84 Å². The molecule has 1 N–H and O–H groups in total. The number of rotatable bonds is 5. The highest BCUT2D eigenvalue weighted by Gasteiger charge is 2.63. The molecule has 1 aliphatic heterocycles. The van der Waals surface area contributed by atoms with E-state index < -0.39 is 30.8 Å². The van der Waals surface area contributed by atoms with Gasteiger partial charge in [-0.1, -0.05) is 19.4 Å². The van der Waals surface area contributed by atoms with Crippen molar-refractivity contribution in [2.75, 3.05) is 6.61 Å². The maximum atomic E-state index is 13.3. The standard InChI is InChI=1S/C17H21F3N2O3/c1-4-5-13-9-16(24,17(18,19)20)22(21-13)15(23)10-25-14-7-11(2)6-12(3)8-14/h6-8,24H,4-5,9-10H2,1-3H3. The Balaban J connectivity index is 2.16. The van der Waals surface area contributed by atoms with Gasteiger partial charge in [0.1, 0.15) is 5.75 Å². The van der Waals surface area contributed by atoms with Gasteiger partial charge in [-0.2, -0.15) is 23.3 Å². The van der Waals surface area contributed by atoms with Gasteiger partial charge in [-0.05, 0) is 43.5 Å². The van der Waals surface area contributed by atoms with Gasteiger partial charge in [0.15, 0.2) is 6.61 Å². The van der Waals surface area contributed by atoms with Crippen LogP contribution in [0.4, 0.5) is 13.2 Å². The fourth-order valence-corrected chi connectivity index (χ4v) is 2.75. The van der Waals surface area contributed by atoms with Crippen LogP contribution >= 0.6 is 0 Å². The van der Waals surface area contributed by atoms with Crippen LogP contribution in [-0.4, -0.2) is 40.2 Å². The van der Waals surface area contributed by atoms with Gasteiger partial charge in [-0.25, -0.2) is 0 Å². The van der Waals surface area contributed by atoms with E-state index >= 15 is 0 Å². The average Bonchev–Trinajstić information content (AvgIpc) is 2.82. The molecule has 0 spiro atoms. The molecule has 1 aromatic carbocycles. The first-order valence-corrected chi connectivity index (χ1v) is 7.96. The van der Waals surface area contributed by atoms with Crippen molar-refractivity contribution >= 4 is 11.6 Å². The molecule has 1 amide bonds. The third-order valence-electron chi connectivity index (χ3n) is 3.83. The third-order valence-corrected chi connectivity index (χ3v) is 3.83. The molecule has 0 aromatic heterocycles. The summed E-state index contributed by atoms with van der Waals surface area (Å²) in [6, 6.07) is 5.25. The van der Waals surface area contributed by atoms with Crippen molar-refractivity contribution in [1.82, 2.24) is 5.01 Å². The highest BCUT2D eigenvalue weighted by Crippen LogP contribution is 2.40. The number of halogens is 3. The normalized spacial score (nSPS) is 20.6. The minimum atomic E-state index is -5.01. The molecular weight excluding hydrogens is 337 g/mol. The van der Waals surface area contributed by atoms with Crippen LogP contribution in [0.3, 0.4) is 0 Å². The smallest absolute Gasteiger partial charge is 0.438 e. The molecule has 1 aromatic rings. The molecule has 0 bridgehead atoms. The number of hydrazone groups is 1. The van der Waals surface area contributed by atoms with Gasteiger partial charge in [0.05, 0.1) is 0 Å². The first kappa shape index (κ1) is 19.2. The zero-order chi connectivity index (χ0) is 18.8. The lowest BCUT2D eigenvalue weighted by molar-refractivity contribution is -0.302. The average molecular weight is 358 g/mol. The second-order valence-electron chi connectivity index (χ2n) is 6.23. The zero-order valence-corrected chi connectivity index (χ0v) is 14.4. The highest BCUT2D eigenvalue weighted by atomic mass is 19.4. The lowest BCUT2D eigenvalue weighted by Crippen LogP contribution is -2.57. The molecule has 1 unspecified atom stereocenters. The Kier molecular flexibility index (Phi) is 5.41. The second-order valence-corrected chi connectivity index (χ2v) is 6.23. The Hall–Kier alpha value is -2.09. The quantitative estimate of drug-likeness (QED) is 0.878. The number of ether oxygens (including phenoxy) is 1. The molecule has 138 valence electrons. The van der Waals surface area contributed by atoms with Crippen molar-refractivity contribution in [2.24, 2.45) is 5.10 Å². The number of aliphatic hydroxyl groups is 1. The zero-order valence-electron chi connectivity index (χ0n) is 14.4. The Bertz CT molecular complexity index is 668. The van der Waals surface area contributed by atoms with Crippen LogP contribution in [0.2, 0.25) is 0 Å². The molecule has 2 rings (SSSR count). The lowest BCUT2D eigenvalue weighted by atomic mass is 10.0. The molecule has 0 aliphatic carbocycles. The van der Waals surface area contributed by atoms with Crippen LogP contribution in [0.25, 0.3) is 0 Å². The fraction of sp³-hybridized carbons (Fsp3) is 0.529. The molecule has 0 radical (unpaired) electrons. The summed E-state index contributed by atoms with van der Waals surface area (Å²) < 4.78 is 45.1. The van der Waals surface area contributed by atoms with Gasteiger partial charge in [0.2, 0.25) is 0 Å². The minimum Gasteiger partial charge on any atom is -0.484 e. The Morgan fingerprint density at radius 2 is 1.92 bits per heavy atom. The van der Waals surface area contributed by atoms with E-state index in [-0.39, 0.29) is 17.1 Å². The summed E-state index contributed by atoms with van der Waals surface area (Å²) in [4.78, 5) is 12.2. The van der Waals surface area contributed by atoms with Crippen molar-refractivity contribution in [3.05, 3.63) is 29.3 Å². The maximum Gasteiger partial charge on any atom is 0.438 e. The number of aryl methyl sites for hydroxylation is 2. The number of hydrogen-bond donors (Lipinski definition) is 1. The van der Waals surface area contributed by atoms with E-state index in [9.17, 15) is 23.1 Å². The molecule has 25 heavy (non-hydrogen) atoms. The van der Waals surface area contributed by atoms with E-state index in [1.54, 1.807) is 19.1 Å². The van der Waals surface area contributed by atoms with E-state index in [1.165, 1.54) is 0 Å². The fourth-order valence-electron chi connectivity index (χ4n) is 2.75. The van der Waals surface area contributed by atoms with Gasteiger partial charge in [-0.15, -0.1) is 0 Å². The largest absolute Gasteiger partial charge is 0.484 e. The van der Waals surface area contributed by atoms with E-state index in [2.05, 4.69) is 5.10 Å². The summed E-state index contributed by atoms with van der Waals surface area (Å²) in [7, 11) is 0. The number of alkyl halides is 3. The first-order chi connectivity index (χ1) is 11.6. The van der Waals surface area contributed by atoms with Crippen molar-refractivity contribution in [3.63, 3.8) is 0 Å². The summed E-state index contributed by atoms with van der Waals surface area (Å²) >= 11 is 0. The van der Waals surface area contributed by atoms with Crippen LogP contribution in [0.1, 0.15) is 37.3 Å². The number of nitrogens with zero attached hydrogens (tertiary/aromatic N) is 2. The van der Waals surface area contributed by atoms with E-state index in [0.29, 0.717) is 12.2 Å². The SMILES string of the molecule is CCCC1=NN(C(=O)COc2cc(C)cc(C)c2)C(O)(C(F)(F)F)C1. The van der Waals surface area contributed by atoms with E-state index in [4.69, 9.17) is 4.74 Å². The minimum absolute atomic E-state index is 0.112. The molecule has 1 aliphatic rings. The van der Waals surface area contributed by atoms with Gasteiger partial charge in [0, 0.05) is 12.1 Å².